The fourth-order valence-corrected chi connectivity index (χ4v) is 6.51. The molecule has 2 aromatic rings. The Labute approximate surface area is 217 Å². The first kappa shape index (κ1) is 24.8. The maximum Gasteiger partial charge on any atom is 0.263 e. The Morgan fingerprint density at radius 3 is 2.36 bits per heavy atom. The molecule has 9 heteroatoms. The zero-order valence-corrected chi connectivity index (χ0v) is 22.0. The number of rotatable bonds is 5. The van der Waals surface area contributed by atoms with Gasteiger partial charge in [-0.25, -0.2) is 0 Å². The molecule has 3 aliphatic heterocycles. The molecule has 3 aliphatic rings. The van der Waals surface area contributed by atoms with E-state index < -0.39 is 5.54 Å². The minimum absolute atomic E-state index is 0.000275. The van der Waals surface area contributed by atoms with Crippen LogP contribution in [0.3, 0.4) is 0 Å². The van der Waals surface area contributed by atoms with E-state index >= 15 is 0 Å². The third kappa shape index (κ3) is 4.62. The van der Waals surface area contributed by atoms with E-state index in [1.54, 1.807) is 4.90 Å². The standard InChI is InChI=1S/C27H35N5O3S/c1-28-14-10-21(11-15-28)29(2)24(33)19-31-20-32(22-7-4-3-5-8-22)27(26(31)35)12-16-30(17-13-27)25(34)23-9-6-18-36-23/h3-9,18,21H,10-17,19-20H2,1-2H3. The summed E-state index contributed by atoms with van der Waals surface area (Å²) < 4.78 is 0. The van der Waals surface area contributed by atoms with Gasteiger partial charge >= 0.3 is 0 Å². The van der Waals surface area contributed by atoms with Gasteiger partial charge in [-0.15, -0.1) is 11.3 Å². The van der Waals surface area contributed by atoms with Gasteiger partial charge in [0.05, 0.1) is 11.5 Å². The summed E-state index contributed by atoms with van der Waals surface area (Å²) in [7, 11) is 3.98. The number of likely N-dealkylation sites (tertiary alicyclic amines) is 2. The number of anilines is 1. The fraction of sp³-hybridized carbons (Fsp3) is 0.519. The second kappa shape index (κ2) is 10.2. The Balaban J connectivity index is 1.32. The summed E-state index contributed by atoms with van der Waals surface area (Å²) in [6.07, 6.45) is 3.02. The second-order valence-electron chi connectivity index (χ2n) is 10.2. The smallest absolute Gasteiger partial charge is 0.263 e. The number of carbonyl (C=O) groups excluding carboxylic acids is 3. The molecule has 3 amide bonds. The van der Waals surface area contributed by atoms with Crippen molar-refractivity contribution in [3.05, 3.63) is 52.7 Å². The van der Waals surface area contributed by atoms with E-state index in [9.17, 15) is 14.4 Å². The highest BCUT2D eigenvalue weighted by Crippen LogP contribution is 2.40. The van der Waals surface area contributed by atoms with Gasteiger partial charge in [-0.2, -0.15) is 0 Å². The first-order valence-corrected chi connectivity index (χ1v) is 13.7. The van der Waals surface area contributed by atoms with Crippen molar-refractivity contribution in [1.82, 2.24) is 19.6 Å². The minimum atomic E-state index is -0.736. The lowest BCUT2D eigenvalue weighted by atomic mass is 9.85. The molecule has 5 rings (SSSR count). The minimum Gasteiger partial charge on any atom is -0.341 e. The highest BCUT2D eigenvalue weighted by atomic mass is 32.1. The van der Waals surface area contributed by atoms with Gasteiger partial charge in [-0.1, -0.05) is 24.3 Å². The number of amides is 3. The van der Waals surface area contributed by atoms with E-state index in [0.717, 1.165) is 36.5 Å². The van der Waals surface area contributed by atoms with Crippen LogP contribution in [0.1, 0.15) is 35.4 Å². The van der Waals surface area contributed by atoms with Crippen molar-refractivity contribution >= 4 is 34.7 Å². The second-order valence-corrected chi connectivity index (χ2v) is 11.2. The number of piperidine rings is 2. The van der Waals surface area contributed by atoms with Gasteiger partial charge in [0.2, 0.25) is 5.91 Å². The third-order valence-corrected chi connectivity index (χ3v) is 9.00. The molecule has 0 unspecified atom stereocenters. The zero-order valence-electron chi connectivity index (χ0n) is 21.1. The Morgan fingerprint density at radius 2 is 1.72 bits per heavy atom. The number of benzene rings is 1. The van der Waals surface area contributed by atoms with Crippen molar-refractivity contribution in [3.8, 4) is 0 Å². The van der Waals surface area contributed by atoms with Crippen LogP contribution < -0.4 is 4.90 Å². The van der Waals surface area contributed by atoms with Crippen molar-refractivity contribution in [2.24, 2.45) is 0 Å². The first-order chi connectivity index (χ1) is 17.4. The highest BCUT2D eigenvalue weighted by molar-refractivity contribution is 7.12. The van der Waals surface area contributed by atoms with E-state index in [1.165, 1.54) is 11.3 Å². The van der Waals surface area contributed by atoms with Crippen molar-refractivity contribution in [1.29, 1.82) is 0 Å². The zero-order chi connectivity index (χ0) is 25.3. The summed E-state index contributed by atoms with van der Waals surface area (Å²) in [5, 5.41) is 1.91. The van der Waals surface area contributed by atoms with Gasteiger partial charge in [-0.05, 0) is 69.4 Å². The molecule has 1 aromatic carbocycles. The van der Waals surface area contributed by atoms with Gasteiger partial charge in [0.25, 0.3) is 11.8 Å². The van der Waals surface area contributed by atoms with E-state index in [4.69, 9.17) is 0 Å². The quantitative estimate of drug-likeness (QED) is 0.620. The molecule has 3 fully saturated rings. The number of hydrogen-bond acceptors (Lipinski definition) is 6. The molecule has 8 nitrogen and oxygen atoms in total. The third-order valence-electron chi connectivity index (χ3n) is 8.15. The summed E-state index contributed by atoms with van der Waals surface area (Å²) >= 11 is 1.45. The lowest BCUT2D eigenvalue weighted by molar-refractivity contribution is -0.141. The summed E-state index contributed by atoms with van der Waals surface area (Å²) in [6, 6.07) is 13.9. The lowest BCUT2D eigenvalue weighted by Crippen LogP contribution is -2.57. The molecule has 0 aliphatic carbocycles. The van der Waals surface area contributed by atoms with Crippen LogP contribution in [0.15, 0.2) is 47.8 Å². The van der Waals surface area contributed by atoms with Crippen LogP contribution in [0, 0.1) is 0 Å². The monoisotopic (exact) mass is 509 g/mol. The molecule has 0 N–H and O–H groups in total. The predicted molar refractivity (Wildman–Crippen MR) is 141 cm³/mol. The number of para-hydroxylation sites is 1. The number of hydrogen-bond donors (Lipinski definition) is 0. The van der Waals surface area contributed by atoms with E-state index in [1.807, 2.05) is 64.7 Å². The number of likely N-dealkylation sites (N-methyl/N-ethyl adjacent to an activating group) is 1. The van der Waals surface area contributed by atoms with Crippen LogP contribution in [0.4, 0.5) is 5.69 Å². The number of carbonyl (C=O) groups is 3. The molecular formula is C27H35N5O3S. The summed E-state index contributed by atoms with van der Waals surface area (Å²) in [4.78, 5) is 50.7. The first-order valence-electron chi connectivity index (χ1n) is 12.8. The average molecular weight is 510 g/mol. The molecule has 192 valence electrons. The van der Waals surface area contributed by atoms with Crippen LogP contribution in [-0.4, -0.2) is 102 Å². The molecule has 0 bridgehead atoms. The van der Waals surface area contributed by atoms with Gasteiger partial charge in [0, 0.05) is 31.9 Å². The maximum atomic E-state index is 14.0. The largest absolute Gasteiger partial charge is 0.341 e. The molecule has 36 heavy (non-hydrogen) atoms. The van der Waals surface area contributed by atoms with Crippen LogP contribution in [-0.2, 0) is 9.59 Å². The van der Waals surface area contributed by atoms with Gasteiger partial charge < -0.3 is 24.5 Å². The van der Waals surface area contributed by atoms with Crippen LogP contribution in [0.5, 0.6) is 0 Å². The Bertz CT molecular complexity index is 1080. The summed E-state index contributed by atoms with van der Waals surface area (Å²) in [6.45, 7) is 3.47. The predicted octanol–water partition coefficient (Wildman–Crippen LogP) is 2.58. The SMILES string of the molecule is CN1CCC(N(C)C(=O)CN2CN(c3ccccc3)C3(CCN(C(=O)c4cccs4)CC3)C2=O)CC1. The van der Waals surface area contributed by atoms with E-state index in [2.05, 4.69) is 16.8 Å². The molecule has 0 atom stereocenters. The van der Waals surface area contributed by atoms with Crippen molar-refractivity contribution in [2.75, 3.05) is 58.4 Å². The van der Waals surface area contributed by atoms with Crippen LogP contribution in [0.2, 0.25) is 0 Å². The molecule has 4 heterocycles. The summed E-state index contributed by atoms with van der Waals surface area (Å²) in [5.41, 5.74) is 0.238. The van der Waals surface area contributed by atoms with Gasteiger partial charge in [0.1, 0.15) is 12.1 Å². The molecule has 1 spiro atoms. The van der Waals surface area contributed by atoms with Crippen molar-refractivity contribution in [3.63, 3.8) is 0 Å². The van der Waals surface area contributed by atoms with Gasteiger partial charge in [0.15, 0.2) is 0 Å². The molecule has 0 radical (unpaired) electrons. The number of nitrogens with zero attached hydrogens (tertiary/aromatic N) is 5. The van der Waals surface area contributed by atoms with Crippen molar-refractivity contribution < 1.29 is 14.4 Å². The summed E-state index contributed by atoms with van der Waals surface area (Å²) in [5.74, 6) is 0.0244. The molecule has 0 saturated carbocycles. The van der Waals surface area contributed by atoms with E-state index in [-0.39, 0.29) is 30.3 Å². The maximum absolute atomic E-state index is 14.0. The Hall–Kier alpha value is -2.91. The lowest BCUT2D eigenvalue weighted by Gasteiger charge is -2.43. The average Bonchev–Trinajstić information content (AvgIpc) is 3.53. The van der Waals surface area contributed by atoms with Crippen LogP contribution >= 0.6 is 11.3 Å². The topological polar surface area (TPSA) is 67.4 Å². The molecule has 1 aromatic heterocycles. The highest BCUT2D eigenvalue weighted by Gasteiger charge is 2.54. The molecule has 3 saturated heterocycles. The fourth-order valence-electron chi connectivity index (χ4n) is 5.82. The van der Waals surface area contributed by atoms with E-state index in [0.29, 0.717) is 32.6 Å². The van der Waals surface area contributed by atoms with Crippen LogP contribution in [0.25, 0.3) is 0 Å². The van der Waals surface area contributed by atoms with Gasteiger partial charge in [-0.3, -0.25) is 14.4 Å². The Morgan fingerprint density at radius 1 is 1.03 bits per heavy atom. The molecular weight excluding hydrogens is 474 g/mol. The number of thiophene rings is 1. The van der Waals surface area contributed by atoms with Crippen molar-refractivity contribution in [2.45, 2.75) is 37.3 Å². The Kier molecular flexibility index (Phi) is 7.03. The normalized spacial score (nSPS) is 20.8.